The second-order valence-electron chi connectivity index (χ2n) is 10.1. The minimum atomic E-state index is -0.181. The summed E-state index contributed by atoms with van der Waals surface area (Å²) in [7, 11) is 0. The Morgan fingerprint density at radius 1 is 0.703 bits per heavy atom. The van der Waals surface area contributed by atoms with Crippen LogP contribution >= 0.6 is 0 Å². The summed E-state index contributed by atoms with van der Waals surface area (Å²) < 4.78 is 0. The van der Waals surface area contributed by atoms with Gasteiger partial charge in [-0.05, 0) is 0 Å². The molecule has 37 heavy (non-hydrogen) atoms. The third-order valence-corrected chi connectivity index (χ3v) is 1.77. The molecule has 0 aliphatic carbocycles. The van der Waals surface area contributed by atoms with Crippen molar-refractivity contribution in [1.29, 1.82) is 0 Å². The molecule has 0 rings (SSSR count). The first kappa shape index (κ1) is 90.2. The second kappa shape index (κ2) is 54.6. The summed E-state index contributed by atoms with van der Waals surface area (Å²) in [4.78, 5) is 27.6. The van der Waals surface area contributed by atoms with Gasteiger partial charge in [0.1, 0.15) is 0 Å². The SMILES string of the molecule is C.C.CC(C)(C)[CH-]C(C)(C)C.CC(C)(C)[CH-]C(C)(C)C.O=CO[O-].O=[C-]O.O=[C-][O-].[CH3-].[H-].[K+].[K+].[K+].[K+].[V].[V]. The van der Waals surface area contributed by atoms with Gasteiger partial charge < -0.3 is 58.1 Å². The Morgan fingerprint density at radius 2 is 0.784 bits per heavy atom. The fourth-order valence-electron chi connectivity index (χ4n) is 2.60. The molecule has 0 saturated heterocycles. The van der Waals surface area contributed by atoms with Crippen molar-refractivity contribution in [1.82, 2.24) is 0 Å². The molecule has 2 radical (unpaired) electrons. The van der Waals surface area contributed by atoms with Crippen LogP contribution in [0.2, 0.25) is 0 Å². The number of rotatable bonds is 1. The fourth-order valence-corrected chi connectivity index (χ4v) is 2.60. The van der Waals surface area contributed by atoms with E-state index < -0.39 is 0 Å². The van der Waals surface area contributed by atoms with Crippen LogP contribution in [-0.2, 0) is 56.4 Å². The molecular formula is C24H52K4O7V2-4. The van der Waals surface area contributed by atoms with Gasteiger partial charge in [-0.15, -0.1) is 0 Å². The molecule has 0 unspecified atom stereocenters. The first-order valence-corrected chi connectivity index (χ1v) is 8.63. The molecule has 0 saturated carbocycles. The van der Waals surface area contributed by atoms with E-state index in [1.807, 2.05) is 0 Å². The molecule has 0 aromatic heterocycles. The zero-order chi connectivity index (χ0) is 24.2. The standard InChI is InChI=1S/2C9H19.CH2O3.CHO2.CO2.2CH4.CH3.4K.2V.H/c2*1-8(2,3)7-9(4,5)6;2-1-4-3;2*2-1-3;;;;;;;;;;/h2*7H,1-6H3;1,3H;(H,2,3);;2*1H4;1H3;;;;;;;/q2*-1;;-1;-2;;;-1;4*+1;;;-1/p-1. The Kier molecular flexibility index (Phi) is 133. The number of hydrogen-bond donors (Lipinski definition) is 1. The zero-order valence-electron chi connectivity index (χ0n) is 26.5. The summed E-state index contributed by atoms with van der Waals surface area (Å²) in [6.45, 7) is 27.4. The summed E-state index contributed by atoms with van der Waals surface area (Å²) in [6, 6.07) is 0. The van der Waals surface area contributed by atoms with Gasteiger partial charge in [-0.2, -0.15) is 21.7 Å². The van der Waals surface area contributed by atoms with E-state index in [0.29, 0.717) is 28.1 Å². The first-order valence-electron chi connectivity index (χ1n) is 8.63. The van der Waals surface area contributed by atoms with Crippen molar-refractivity contribution in [3.8, 4) is 0 Å². The number of hydrogen-bond acceptors (Lipinski definition) is 6. The average molecular weight is 711 g/mol. The molecule has 0 bridgehead atoms. The smallest absolute Gasteiger partial charge is 1.00 e. The molecule has 0 aromatic rings. The van der Waals surface area contributed by atoms with Crippen LogP contribution in [0.25, 0.3) is 0 Å². The Labute approximate surface area is 427 Å². The van der Waals surface area contributed by atoms with Gasteiger partial charge in [0.2, 0.25) is 0 Å². The van der Waals surface area contributed by atoms with E-state index in [9.17, 15) is 0 Å². The van der Waals surface area contributed by atoms with Crippen molar-refractivity contribution in [2.75, 3.05) is 0 Å². The van der Waals surface area contributed by atoms with E-state index in [-0.39, 0.29) is 279 Å². The van der Waals surface area contributed by atoms with Gasteiger partial charge in [0.15, 0.2) is 0 Å². The molecule has 0 amide bonds. The molecule has 0 spiro atoms. The normalized spacial score (nSPS) is 8.03. The molecule has 0 aliphatic heterocycles. The van der Waals surface area contributed by atoms with E-state index in [1.54, 1.807) is 0 Å². The maximum atomic E-state index is 8.64. The van der Waals surface area contributed by atoms with Crippen LogP contribution < -0.4 is 216 Å². The number of aliphatic hydroxyl groups excluding tert-OH is 1. The van der Waals surface area contributed by atoms with Gasteiger partial charge in [0, 0.05) is 37.1 Å². The third kappa shape index (κ3) is 186. The van der Waals surface area contributed by atoms with Crippen LogP contribution in [0.3, 0.4) is 0 Å². The molecule has 0 atom stereocenters. The minimum Gasteiger partial charge on any atom is -1.00 e. The van der Waals surface area contributed by atoms with Crippen LogP contribution in [-0.4, -0.2) is 24.5 Å². The fraction of sp³-hybridized carbons (Fsp3) is 0.750. The van der Waals surface area contributed by atoms with Crippen LogP contribution in [0.1, 0.15) is 99.4 Å². The van der Waals surface area contributed by atoms with Gasteiger partial charge in [-0.3, -0.25) is 4.79 Å². The summed E-state index contributed by atoms with van der Waals surface area (Å²) >= 11 is 0. The minimum absolute atomic E-state index is 0. The van der Waals surface area contributed by atoms with Crippen molar-refractivity contribution < 1.29 is 279 Å². The molecule has 208 valence electrons. The maximum Gasteiger partial charge on any atom is 1.00 e. The molecular weight excluding hydrogens is 659 g/mol. The molecule has 0 aliphatic rings. The number of carbonyl (C=O) groups excluding carboxylic acids is 2. The van der Waals surface area contributed by atoms with Crippen LogP contribution in [0.4, 0.5) is 0 Å². The van der Waals surface area contributed by atoms with Crippen LogP contribution in [0, 0.1) is 41.9 Å². The summed E-state index contributed by atoms with van der Waals surface area (Å²) in [5.41, 5.74) is 1.44. The van der Waals surface area contributed by atoms with Gasteiger partial charge in [0.05, 0.1) is 0 Å². The zero-order valence-corrected chi connectivity index (χ0v) is 40.8. The van der Waals surface area contributed by atoms with Crippen molar-refractivity contribution in [2.45, 2.75) is 97.9 Å². The Bertz CT molecular complexity index is 332. The van der Waals surface area contributed by atoms with Crippen molar-refractivity contribution in [3.05, 3.63) is 20.3 Å². The second-order valence-corrected chi connectivity index (χ2v) is 10.1. The Balaban J connectivity index is -0.0000000133. The molecule has 0 fully saturated rings. The average Bonchev–Trinajstić information content (AvgIpc) is 2.32. The van der Waals surface area contributed by atoms with Crippen molar-refractivity contribution in [2.24, 2.45) is 21.7 Å². The monoisotopic (exact) mass is 710 g/mol. The number of carbonyl (C=O) groups is 1. The summed E-state index contributed by atoms with van der Waals surface area (Å²) in [5.74, 6) is 0. The molecule has 13 heteroatoms. The van der Waals surface area contributed by atoms with E-state index in [4.69, 9.17) is 29.9 Å². The van der Waals surface area contributed by atoms with Crippen molar-refractivity contribution in [3.63, 3.8) is 0 Å². The van der Waals surface area contributed by atoms with Crippen molar-refractivity contribution >= 4 is 19.4 Å². The summed E-state index contributed by atoms with van der Waals surface area (Å²) in [5, 5.41) is 23.3. The van der Waals surface area contributed by atoms with E-state index in [0.717, 1.165) is 0 Å². The largest absolute Gasteiger partial charge is 1.00 e. The molecule has 0 heterocycles. The first-order chi connectivity index (χ1) is 12.2. The van der Waals surface area contributed by atoms with Gasteiger partial charge in [-0.25, -0.2) is 0 Å². The van der Waals surface area contributed by atoms with Gasteiger partial charge in [-0.1, -0.05) is 104 Å². The predicted molar refractivity (Wildman–Crippen MR) is 129 cm³/mol. The van der Waals surface area contributed by atoms with Gasteiger partial charge in [0.25, 0.3) is 6.47 Å². The molecule has 7 nitrogen and oxygen atoms in total. The maximum absolute atomic E-state index is 8.64. The summed E-state index contributed by atoms with van der Waals surface area (Å²) in [6.07, 6.45) is 4.75. The topological polar surface area (TPSA) is 127 Å². The van der Waals surface area contributed by atoms with E-state index >= 15 is 0 Å². The Hall–Kier alpha value is 6.08. The van der Waals surface area contributed by atoms with Crippen LogP contribution in [0.15, 0.2) is 0 Å². The van der Waals surface area contributed by atoms with Crippen LogP contribution in [0.5, 0.6) is 0 Å². The van der Waals surface area contributed by atoms with E-state index in [1.165, 1.54) is 0 Å². The van der Waals surface area contributed by atoms with Gasteiger partial charge >= 0.3 is 206 Å². The predicted octanol–water partition coefficient (Wildman–Crippen LogP) is -7.27. The van der Waals surface area contributed by atoms with E-state index in [2.05, 4.69) is 101 Å². The third-order valence-electron chi connectivity index (χ3n) is 1.77. The quantitative estimate of drug-likeness (QED) is 0.0943. The molecule has 1 N–H and O–H groups in total. The molecule has 0 aromatic carbocycles. The Morgan fingerprint density at radius 3 is 0.784 bits per heavy atom.